The number of hydrogen-bond acceptors (Lipinski definition) is 2. The van der Waals surface area contributed by atoms with Gasteiger partial charge in [0.1, 0.15) is 22.4 Å². The van der Waals surface area contributed by atoms with Gasteiger partial charge in [0.25, 0.3) is 0 Å². The molecule has 2 aromatic rings. The molecule has 1 aromatic heterocycles. The Balaban J connectivity index is 2.84. The molecule has 3 nitrogen and oxygen atoms in total. The molecule has 0 bridgehead atoms. The lowest BCUT2D eigenvalue weighted by Gasteiger charge is -2.09. The molecule has 0 atom stereocenters. The average Bonchev–Trinajstić information content (AvgIpc) is 2.48. The predicted molar refractivity (Wildman–Crippen MR) is 46.5 cm³/mol. The summed E-state index contributed by atoms with van der Waals surface area (Å²) in [5.41, 5.74) is -1.39. The molecule has 0 amide bonds. The maximum atomic E-state index is 13.1. The lowest BCUT2D eigenvalue weighted by molar-refractivity contribution is -0.140. The van der Waals surface area contributed by atoms with Crippen LogP contribution in [-0.2, 0) is 6.18 Å². The van der Waals surface area contributed by atoms with Crippen LogP contribution in [0, 0.1) is 5.82 Å². The smallest absolute Gasteiger partial charge is 0.206 e. The van der Waals surface area contributed by atoms with Crippen LogP contribution in [0.1, 0.15) is 5.56 Å². The highest BCUT2D eigenvalue weighted by molar-refractivity contribution is 9.10. The Morgan fingerprint density at radius 3 is 2.53 bits per heavy atom. The molecule has 1 N–H and O–H groups in total. The van der Waals surface area contributed by atoms with Crippen LogP contribution in [-0.4, -0.2) is 15.4 Å². The zero-order chi connectivity index (χ0) is 11.2. The minimum absolute atomic E-state index is 0.0346. The Bertz CT molecular complexity index is 519. The summed E-state index contributed by atoms with van der Waals surface area (Å²) in [6.07, 6.45) is -4.77. The minimum Gasteiger partial charge on any atom is -0.206 e. The fourth-order valence-electron chi connectivity index (χ4n) is 1.18. The molecular weight excluding hydrogens is 282 g/mol. The van der Waals surface area contributed by atoms with Crippen LogP contribution in [0.5, 0.6) is 0 Å². The molecule has 0 saturated carbocycles. The molecule has 1 aromatic carbocycles. The van der Waals surface area contributed by atoms with Crippen LogP contribution >= 0.6 is 15.9 Å². The van der Waals surface area contributed by atoms with Gasteiger partial charge in [-0.1, -0.05) is 0 Å². The molecule has 0 radical (unpaired) electrons. The third-order valence-electron chi connectivity index (χ3n) is 1.79. The van der Waals surface area contributed by atoms with Crippen LogP contribution in [0.4, 0.5) is 17.6 Å². The highest BCUT2D eigenvalue weighted by Gasteiger charge is 2.38. The molecule has 0 spiro atoms. The highest BCUT2D eigenvalue weighted by atomic mass is 79.9. The van der Waals surface area contributed by atoms with Crippen molar-refractivity contribution < 1.29 is 17.6 Å². The van der Waals surface area contributed by atoms with E-state index < -0.39 is 22.0 Å². The fourth-order valence-corrected chi connectivity index (χ4v) is 1.88. The van der Waals surface area contributed by atoms with Gasteiger partial charge in [0, 0.05) is 6.07 Å². The molecule has 0 saturated heterocycles. The number of aromatic amines is 1. The first-order valence-corrected chi connectivity index (χ1v) is 4.46. The quantitative estimate of drug-likeness (QED) is 0.756. The Morgan fingerprint density at radius 2 is 1.93 bits per heavy atom. The summed E-state index contributed by atoms with van der Waals surface area (Å²) in [6.45, 7) is 0. The Morgan fingerprint density at radius 1 is 1.27 bits per heavy atom. The van der Waals surface area contributed by atoms with Gasteiger partial charge in [0.05, 0.1) is 4.47 Å². The Kier molecular flexibility index (Phi) is 2.18. The topological polar surface area (TPSA) is 41.6 Å². The predicted octanol–water partition coefficient (Wildman–Crippen LogP) is 2.88. The molecular formula is C7H2BrF4N3. The molecule has 1 heterocycles. The molecule has 0 aliphatic rings. The molecule has 0 fully saturated rings. The van der Waals surface area contributed by atoms with E-state index in [1.807, 2.05) is 0 Å². The summed E-state index contributed by atoms with van der Waals surface area (Å²) >= 11 is 2.67. The van der Waals surface area contributed by atoms with E-state index >= 15 is 0 Å². The van der Waals surface area contributed by atoms with E-state index in [1.54, 1.807) is 0 Å². The largest absolute Gasteiger partial charge is 0.420 e. The van der Waals surface area contributed by atoms with Crippen molar-refractivity contribution in [3.63, 3.8) is 0 Å². The van der Waals surface area contributed by atoms with Gasteiger partial charge in [0.2, 0.25) is 0 Å². The molecule has 0 aliphatic carbocycles. The van der Waals surface area contributed by atoms with Crippen LogP contribution in [0.15, 0.2) is 10.5 Å². The third kappa shape index (κ3) is 1.58. The van der Waals surface area contributed by atoms with Crippen LogP contribution < -0.4 is 0 Å². The summed E-state index contributed by atoms with van der Waals surface area (Å²) in [7, 11) is 0. The van der Waals surface area contributed by atoms with E-state index in [4.69, 9.17) is 0 Å². The first kappa shape index (κ1) is 10.3. The molecule has 2 rings (SSSR count). The van der Waals surface area contributed by atoms with Gasteiger partial charge in [0.15, 0.2) is 0 Å². The first-order chi connectivity index (χ1) is 6.91. The van der Waals surface area contributed by atoms with Crippen molar-refractivity contribution >= 4 is 27.0 Å². The Hall–Kier alpha value is -1.18. The van der Waals surface area contributed by atoms with Gasteiger partial charge in [-0.05, 0) is 15.9 Å². The number of aromatic nitrogens is 3. The van der Waals surface area contributed by atoms with E-state index in [0.717, 1.165) is 0 Å². The lowest BCUT2D eigenvalue weighted by Crippen LogP contribution is -2.09. The summed E-state index contributed by atoms with van der Waals surface area (Å²) in [5, 5.41) is 9.09. The second kappa shape index (κ2) is 3.16. The monoisotopic (exact) mass is 283 g/mol. The van der Waals surface area contributed by atoms with Crippen molar-refractivity contribution in [2.24, 2.45) is 0 Å². The number of nitrogens with zero attached hydrogens (tertiary/aromatic N) is 2. The second-order valence-corrected chi connectivity index (χ2v) is 3.53. The third-order valence-corrected chi connectivity index (χ3v) is 2.56. The standard InChI is InChI=1S/C7H2BrF4N3/c8-5-4(7(10,11)12)2(9)1-3-6(5)14-15-13-3/h1H,(H,13,14,15). The van der Waals surface area contributed by atoms with Crippen LogP contribution in [0.2, 0.25) is 0 Å². The molecule has 8 heteroatoms. The van der Waals surface area contributed by atoms with Gasteiger partial charge < -0.3 is 0 Å². The van der Waals surface area contributed by atoms with E-state index in [2.05, 4.69) is 31.3 Å². The van der Waals surface area contributed by atoms with Gasteiger partial charge >= 0.3 is 6.18 Å². The van der Waals surface area contributed by atoms with Gasteiger partial charge in [-0.2, -0.15) is 28.6 Å². The zero-order valence-electron chi connectivity index (χ0n) is 6.86. The van der Waals surface area contributed by atoms with Gasteiger partial charge in [-0.15, -0.1) is 0 Å². The number of H-pyrrole nitrogens is 1. The van der Waals surface area contributed by atoms with E-state index in [9.17, 15) is 17.6 Å². The van der Waals surface area contributed by atoms with Crippen LogP contribution in [0.25, 0.3) is 11.0 Å². The number of fused-ring (bicyclic) bond motifs is 1. The van der Waals surface area contributed by atoms with Crippen molar-refractivity contribution in [1.82, 2.24) is 15.4 Å². The van der Waals surface area contributed by atoms with Crippen molar-refractivity contribution in [3.05, 3.63) is 21.9 Å². The lowest BCUT2D eigenvalue weighted by atomic mass is 10.2. The number of hydrogen-bond donors (Lipinski definition) is 1. The number of alkyl halides is 3. The molecule has 80 valence electrons. The zero-order valence-corrected chi connectivity index (χ0v) is 8.45. The summed E-state index contributed by atoms with van der Waals surface area (Å²) < 4.78 is 49.9. The Labute approximate surface area is 88.6 Å². The highest BCUT2D eigenvalue weighted by Crippen LogP contribution is 2.39. The molecule has 15 heavy (non-hydrogen) atoms. The normalized spacial score (nSPS) is 12.3. The molecule has 0 unspecified atom stereocenters. The second-order valence-electron chi connectivity index (χ2n) is 2.74. The number of rotatable bonds is 0. The fraction of sp³-hybridized carbons (Fsp3) is 0.143. The van der Waals surface area contributed by atoms with Crippen molar-refractivity contribution in [1.29, 1.82) is 0 Å². The van der Waals surface area contributed by atoms with Gasteiger partial charge in [-0.25, -0.2) is 4.39 Å². The maximum Gasteiger partial charge on any atom is 0.420 e. The summed E-state index contributed by atoms with van der Waals surface area (Å²) in [6, 6.07) is 0.687. The van der Waals surface area contributed by atoms with Crippen LogP contribution in [0.3, 0.4) is 0 Å². The van der Waals surface area contributed by atoms with E-state index in [-0.39, 0.29) is 11.0 Å². The van der Waals surface area contributed by atoms with Crippen molar-refractivity contribution in [2.45, 2.75) is 6.18 Å². The average molecular weight is 284 g/mol. The first-order valence-electron chi connectivity index (χ1n) is 3.67. The number of nitrogens with one attached hydrogen (secondary N) is 1. The van der Waals surface area contributed by atoms with Gasteiger partial charge in [-0.3, -0.25) is 0 Å². The van der Waals surface area contributed by atoms with E-state index in [0.29, 0.717) is 6.07 Å². The van der Waals surface area contributed by atoms with Crippen molar-refractivity contribution in [2.75, 3.05) is 0 Å². The van der Waals surface area contributed by atoms with E-state index in [1.165, 1.54) is 0 Å². The minimum atomic E-state index is -4.77. The SMILES string of the molecule is Fc1cc2n[nH]nc2c(Br)c1C(F)(F)F. The summed E-state index contributed by atoms with van der Waals surface area (Å²) in [5.74, 6) is -1.38. The maximum absolute atomic E-state index is 13.1. The summed E-state index contributed by atoms with van der Waals surface area (Å²) in [4.78, 5) is 0. The molecule has 0 aliphatic heterocycles. The number of halogens is 5. The van der Waals surface area contributed by atoms with Crippen molar-refractivity contribution in [3.8, 4) is 0 Å². The number of benzene rings is 1.